The molecule has 0 aliphatic heterocycles. The Balaban J connectivity index is 1.60. The lowest BCUT2D eigenvalue weighted by atomic mass is 10.2. The monoisotopic (exact) mass is 444 g/mol. The van der Waals surface area contributed by atoms with Crippen molar-refractivity contribution in [2.45, 2.75) is 17.2 Å². The van der Waals surface area contributed by atoms with Gasteiger partial charge in [-0.25, -0.2) is 0 Å². The minimum Gasteiger partial charge on any atom is -0.484 e. The van der Waals surface area contributed by atoms with Crippen LogP contribution in [-0.2, 0) is 5.75 Å². The predicted octanol–water partition coefficient (Wildman–Crippen LogP) is 5.73. The quantitative estimate of drug-likeness (QED) is 0.454. The van der Waals surface area contributed by atoms with Crippen molar-refractivity contribution in [1.29, 1.82) is 0 Å². The fourth-order valence-corrected chi connectivity index (χ4v) is 2.98. The van der Waals surface area contributed by atoms with Crippen LogP contribution in [0, 0.1) is 0 Å². The molecule has 0 bridgehead atoms. The van der Waals surface area contributed by atoms with E-state index in [9.17, 15) is 13.2 Å². The standard InChI is InChI=1S/C17H12BrF3N2O2S/c18-13-6-4-12(5-7-13)15-22-23-16(25-15)26-9-11-2-1-3-14(8-11)24-10-17(19,20)21/h1-8H,9-10H2. The molecule has 0 amide bonds. The van der Waals surface area contributed by atoms with E-state index in [-0.39, 0.29) is 5.75 Å². The first-order valence-electron chi connectivity index (χ1n) is 7.40. The number of halogens is 4. The molecule has 0 radical (unpaired) electrons. The summed E-state index contributed by atoms with van der Waals surface area (Å²) in [5.41, 5.74) is 1.59. The van der Waals surface area contributed by atoms with Crippen molar-refractivity contribution < 1.29 is 22.3 Å². The Morgan fingerprint density at radius 1 is 1.08 bits per heavy atom. The highest BCUT2D eigenvalue weighted by atomic mass is 79.9. The minimum atomic E-state index is -4.36. The highest BCUT2D eigenvalue weighted by molar-refractivity contribution is 9.10. The Bertz CT molecular complexity index is 869. The number of aromatic nitrogens is 2. The Morgan fingerprint density at radius 2 is 1.85 bits per heavy atom. The van der Waals surface area contributed by atoms with E-state index >= 15 is 0 Å². The van der Waals surface area contributed by atoms with Crippen LogP contribution in [0.5, 0.6) is 5.75 Å². The molecule has 2 aromatic carbocycles. The van der Waals surface area contributed by atoms with Gasteiger partial charge in [0, 0.05) is 15.8 Å². The summed E-state index contributed by atoms with van der Waals surface area (Å²) in [6, 6.07) is 13.9. The summed E-state index contributed by atoms with van der Waals surface area (Å²) in [4.78, 5) is 0. The number of benzene rings is 2. The summed E-state index contributed by atoms with van der Waals surface area (Å²) in [6.45, 7) is -1.32. The van der Waals surface area contributed by atoms with Gasteiger partial charge in [0.1, 0.15) is 5.75 Å². The zero-order valence-electron chi connectivity index (χ0n) is 13.2. The van der Waals surface area contributed by atoms with E-state index in [1.807, 2.05) is 24.3 Å². The van der Waals surface area contributed by atoms with Crippen LogP contribution in [0.25, 0.3) is 11.5 Å². The molecule has 0 unspecified atom stereocenters. The Kier molecular flexibility index (Phi) is 5.87. The van der Waals surface area contributed by atoms with Gasteiger partial charge in [-0.1, -0.05) is 39.8 Å². The summed E-state index contributed by atoms with van der Waals surface area (Å²) < 4.78 is 47.9. The first kappa shape index (κ1) is 18.8. The molecule has 4 nitrogen and oxygen atoms in total. The van der Waals surface area contributed by atoms with Crippen LogP contribution < -0.4 is 4.74 Å². The van der Waals surface area contributed by atoms with Gasteiger partial charge in [0.15, 0.2) is 6.61 Å². The maximum atomic E-state index is 12.2. The molecule has 3 rings (SSSR count). The van der Waals surface area contributed by atoms with Crippen molar-refractivity contribution in [3.05, 3.63) is 58.6 Å². The fourth-order valence-electron chi connectivity index (χ4n) is 2.01. The molecular formula is C17H12BrF3N2O2S. The van der Waals surface area contributed by atoms with Crippen LogP contribution >= 0.6 is 27.7 Å². The summed E-state index contributed by atoms with van der Waals surface area (Å²) in [5.74, 6) is 1.04. The van der Waals surface area contributed by atoms with Crippen LogP contribution in [0.15, 0.2) is 62.6 Å². The van der Waals surface area contributed by atoms with Gasteiger partial charge in [-0.2, -0.15) is 13.2 Å². The van der Waals surface area contributed by atoms with E-state index in [0.717, 1.165) is 15.6 Å². The minimum absolute atomic E-state index is 0.168. The van der Waals surface area contributed by atoms with Crippen molar-refractivity contribution in [1.82, 2.24) is 10.2 Å². The summed E-state index contributed by atoms with van der Waals surface area (Å²) in [7, 11) is 0. The molecule has 9 heteroatoms. The number of ether oxygens (including phenoxy) is 1. The van der Waals surface area contributed by atoms with Crippen molar-refractivity contribution in [2.75, 3.05) is 6.61 Å². The Morgan fingerprint density at radius 3 is 2.58 bits per heavy atom. The van der Waals surface area contributed by atoms with Crippen molar-refractivity contribution in [3.8, 4) is 17.2 Å². The summed E-state index contributed by atoms with van der Waals surface area (Å²) >= 11 is 4.66. The molecule has 0 fully saturated rings. The number of alkyl halides is 3. The second-order valence-corrected chi connectivity index (χ2v) is 7.06. The van der Waals surface area contributed by atoms with Gasteiger partial charge < -0.3 is 9.15 Å². The number of hydrogen-bond donors (Lipinski definition) is 0. The third-order valence-electron chi connectivity index (χ3n) is 3.16. The largest absolute Gasteiger partial charge is 0.484 e. The second-order valence-electron chi connectivity index (χ2n) is 5.22. The molecule has 3 aromatic rings. The van der Waals surface area contributed by atoms with E-state index in [1.165, 1.54) is 17.8 Å². The smallest absolute Gasteiger partial charge is 0.422 e. The van der Waals surface area contributed by atoms with Crippen molar-refractivity contribution in [2.24, 2.45) is 0 Å². The predicted molar refractivity (Wildman–Crippen MR) is 95.0 cm³/mol. The number of hydrogen-bond acceptors (Lipinski definition) is 5. The van der Waals surface area contributed by atoms with Crippen molar-refractivity contribution in [3.63, 3.8) is 0 Å². The number of nitrogens with zero attached hydrogens (tertiary/aromatic N) is 2. The second kappa shape index (κ2) is 8.13. The molecule has 0 aliphatic carbocycles. The van der Waals surface area contributed by atoms with Crippen LogP contribution in [0.2, 0.25) is 0 Å². The lowest BCUT2D eigenvalue weighted by Gasteiger charge is -2.09. The average molecular weight is 445 g/mol. The fraction of sp³-hybridized carbons (Fsp3) is 0.176. The van der Waals surface area contributed by atoms with Crippen LogP contribution in [-0.4, -0.2) is 23.0 Å². The van der Waals surface area contributed by atoms with Gasteiger partial charge >= 0.3 is 6.18 Å². The molecule has 1 aromatic heterocycles. The maximum absolute atomic E-state index is 12.2. The van der Waals surface area contributed by atoms with Gasteiger partial charge in [-0.05, 0) is 42.0 Å². The van der Waals surface area contributed by atoms with Crippen molar-refractivity contribution >= 4 is 27.7 Å². The molecule has 0 atom stereocenters. The maximum Gasteiger partial charge on any atom is 0.422 e. The average Bonchev–Trinajstić information content (AvgIpc) is 3.08. The lowest BCUT2D eigenvalue weighted by Crippen LogP contribution is -2.19. The first-order valence-corrected chi connectivity index (χ1v) is 9.18. The first-order chi connectivity index (χ1) is 12.4. The molecule has 0 N–H and O–H groups in total. The van der Waals surface area contributed by atoms with E-state index < -0.39 is 12.8 Å². The van der Waals surface area contributed by atoms with Gasteiger partial charge in [0.25, 0.3) is 5.22 Å². The van der Waals surface area contributed by atoms with Crippen LogP contribution in [0.3, 0.4) is 0 Å². The molecule has 136 valence electrons. The summed E-state index contributed by atoms with van der Waals surface area (Å²) in [6.07, 6.45) is -4.36. The topological polar surface area (TPSA) is 48.2 Å². The zero-order valence-corrected chi connectivity index (χ0v) is 15.6. The Hall–Kier alpha value is -2.00. The molecule has 1 heterocycles. The molecule has 0 saturated carbocycles. The third kappa shape index (κ3) is 5.50. The summed E-state index contributed by atoms with van der Waals surface area (Å²) in [5, 5.41) is 8.35. The van der Waals surface area contributed by atoms with Crippen LogP contribution in [0.4, 0.5) is 13.2 Å². The van der Waals surface area contributed by atoms with E-state index in [0.29, 0.717) is 16.9 Å². The van der Waals surface area contributed by atoms with Gasteiger partial charge in [0.05, 0.1) is 0 Å². The van der Waals surface area contributed by atoms with Gasteiger partial charge in [0.2, 0.25) is 5.89 Å². The highest BCUT2D eigenvalue weighted by Gasteiger charge is 2.28. The molecule has 0 saturated heterocycles. The normalized spacial score (nSPS) is 11.5. The number of rotatable bonds is 6. The molecule has 0 spiro atoms. The molecule has 0 aliphatic rings. The van der Waals surface area contributed by atoms with Gasteiger partial charge in [-0.15, -0.1) is 10.2 Å². The van der Waals surface area contributed by atoms with Crippen LogP contribution in [0.1, 0.15) is 5.56 Å². The van der Waals surface area contributed by atoms with Gasteiger partial charge in [-0.3, -0.25) is 0 Å². The Labute approximate surface area is 159 Å². The van der Waals surface area contributed by atoms with E-state index in [1.54, 1.807) is 18.2 Å². The lowest BCUT2D eigenvalue weighted by molar-refractivity contribution is -0.153. The van der Waals surface area contributed by atoms with E-state index in [2.05, 4.69) is 26.1 Å². The molecular weight excluding hydrogens is 433 g/mol. The highest BCUT2D eigenvalue weighted by Crippen LogP contribution is 2.28. The van der Waals surface area contributed by atoms with E-state index in [4.69, 9.17) is 9.15 Å². The number of thioether (sulfide) groups is 1. The molecule has 26 heavy (non-hydrogen) atoms. The SMILES string of the molecule is FC(F)(F)COc1cccc(CSc2nnc(-c3ccc(Br)cc3)o2)c1. The zero-order chi connectivity index (χ0) is 18.6. The third-order valence-corrected chi connectivity index (χ3v) is 4.58.